The molecule has 1 heterocycles. The van der Waals surface area contributed by atoms with Gasteiger partial charge in [0.1, 0.15) is 28.7 Å². The van der Waals surface area contributed by atoms with Crippen molar-refractivity contribution in [1.82, 2.24) is 0 Å². The van der Waals surface area contributed by atoms with Crippen LogP contribution in [-0.4, -0.2) is 62.2 Å². The van der Waals surface area contributed by atoms with E-state index in [0.29, 0.717) is 37.7 Å². The molecule has 1 spiro atoms. The van der Waals surface area contributed by atoms with Crippen molar-refractivity contribution in [1.29, 1.82) is 0 Å². The van der Waals surface area contributed by atoms with E-state index in [4.69, 9.17) is 9.47 Å². The standard InChI is InChI=1S/C28H36O7/c1-16(29)19-10-12-28(33)25(19,3)21(34-23(31)17-7-5-4-6-8-17)13-20-24(2)11-9-18(30)14-27(24)22(35-27)15-26(20,28)32/h4-8,18-22,30,32-33H,9-15H2,1-3H3/t18-,19-,20+,21+,22-,24+,25-,26-,27-,28+/m0/s1. The first-order chi connectivity index (χ1) is 16.4. The smallest absolute Gasteiger partial charge is 0.338 e. The average molecular weight is 485 g/mol. The maximum absolute atomic E-state index is 13.2. The largest absolute Gasteiger partial charge is 0.458 e. The summed E-state index contributed by atoms with van der Waals surface area (Å²) in [5.74, 6) is -1.49. The lowest BCUT2D eigenvalue weighted by Crippen LogP contribution is -2.78. The third-order valence-electron chi connectivity index (χ3n) is 11.2. The minimum absolute atomic E-state index is 0.0638. The third-order valence-corrected chi connectivity index (χ3v) is 11.2. The monoisotopic (exact) mass is 484 g/mol. The molecule has 190 valence electrons. The number of Topliss-reactive ketones (excluding diaryl/α,β-unsaturated/α-hetero) is 1. The fraction of sp³-hybridized carbons (Fsp3) is 0.714. The van der Waals surface area contributed by atoms with E-state index >= 15 is 0 Å². The minimum Gasteiger partial charge on any atom is -0.458 e. The zero-order valence-electron chi connectivity index (χ0n) is 20.7. The van der Waals surface area contributed by atoms with Crippen LogP contribution in [0.15, 0.2) is 30.3 Å². The average Bonchev–Trinajstić information content (AvgIpc) is 3.41. The van der Waals surface area contributed by atoms with Crippen molar-refractivity contribution in [3.05, 3.63) is 35.9 Å². The van der Waals surface area contributed by atoms with E-state index in [1.54, 1.807) is 24.3 Å². The van der Waals surface area contributed by atoms with Crippen molar-refractivity contribution in [2.24, 2.45) is 22.7 Å². The number of aliphatic hydroxyl groups excluding tert-OH is 1. The zero-order chi connectivity index (χ0) is 25.0. The number of esters is 1. The van der Waals surface area contributed by atoms with Crippen LogP contribution in [0.1, 0.15) is 76.1 Å². The molecule has 1 saturated heterocycles. The lowest BCUT2D eigenvalue weighted by molar-refractivity contribution is -0.311. The summed E-state index contributed by atoms with van der Waals surface area (Å²) in [5, 5.41) is 35.4. The molecule has 4 saturated carbocycles. The molecule has 5 aliphatic rings. The van der Waals surface area contributed by atoms with Gasteiger partial charge in [-0.15, -0.1) is 0 Å². The number of fused-ring (bicyclic) bond motifs is 4. The van der Waals surface area contributed by atoms with Gasteiger partial charge >= 0.3 is 5.97 Å². The normalized spacial score (nSPS) is 51.9. The van der Waals surface area contributed by atoms with Crippen molar-refractivity contribution in [3.63, 3.8) is 0 Å². The number of rotatable bonds is 3. The van der Waals surface area contributed by atoms with Gasteiger partial charge < -0.3 is 24.8 Å². The number of benzene rings is 1. The molecule has 35 heavy (non-hydrogen) atoms. The highest BCUT2D eigenvalue weighted by molar-refractivity contribution is 5.89. The molecule has 5 fully saturated rings. The molecule has 10 atom stereocenters. The number of carbonyl (C=O) groups excluding carboxylic acids is 2. The van der Waals surface area contributed by atoms with Crippen molar-refractivity contribution >= 4 is 11.8 Å². The highest BCUT2D eigenvalue weighted by Gasteiger charge is 2.85. The number of hydrogen-bond donors (Lipinski definition) is 3. The summed E-state index contributed by atoms with van der Waals surface area (Å²) in [5.41, 5.74) is -4.84. The first kappa shape index (κ1) is 23.6. The SMILES string of the molecule is CC(=O)[C@@H]1CC[C@@]2(O)[C@]1(C)[C@H](OC(=O)c1ccccc1)C[C@@H]1[C@@]3(C)CC[C@H](O)C[C@@]34O[C@H]4C[C@]12O. The van der Waals surface area contributed by atoms with E-state index in [2.05, 4.69) is 6.92 Å². The second-order valence-corrected chi connectivity index (χ2v) is 12.3. The molecule has 0 bridgehead atoms. The maximum atomic E-state index is 13.2. The number of carbonyl (C=O) groups is 2. The van der Waals surface area contributed by atoms with Crippen LogP contribution in [0.4, 0.5) is 0 Å². The number of epoxide rings is 1. The van der Waals surface area contributed by atoms with Crippen molar-refractivity contribution in [3.8, 4) is 0 Å². The van der Waals surface area contributed by atoms with Gasteiger partial charge in [-0.3, -0.25) is 4.79 Å². The number of ketones is 1. The van der Waals surface area contributed by atoms with E-state index in [-0.39, 0.29) is 24.7 Å². The van der Waals surface area contributed by atoms with Gasteiger partial charge in [-0.2, -0.15) is 0 Å². The number of ether oxygens (including phenoxy) is 2. The second-order valence-electron chi connectivity index (χ2n) is 12.3. The van der Waals surface area contributed by atoms with Gasteiger partial charge in [-0.1, -0.05) is 32.0 Å². The Hall–Kier alpha value is -1.80. The molecule has 0 unspecified atom stereocenters. The first-order valence-electron chi connectivity index (χ1n) is 13.0. The Morgan fingerprint density at radius 1 is 1.06 bits per heavy atom. The van der Waals surface area contributed by atoms with Gasteiger partial charge in [0.25, 0.3) is 0 Å². The second kappa shape index (κ2) is 7.15. The van der Waals surface area contributed by atoms with E-state index in [9.17, 15) is 24.9 Å². The number of hydrogen-bond acceptors (Lipinski definition) is 7. The van der Waals surface area contributed by atoms with Crippen LogP contribution >= 0.6 is 0 Å². The molecule has 6 rings (SSSR count). The van der Waals surface area contributed by atoms with Crippen LogP contribution in [0.2, 0.25) is 0 Å². The van der Waals surface area contributed by atoms with Gasteiger partial charge in [0.15, 0.2) is 0 Å². The van der Waals surface area contributed by atoms with E-state index in [1.807, 2.05) is 13.0 Å². The molecular weight excluding hydrogens is 448 g/mol. The molecule has 1 aromatic rings. The van der Waals surface area contributed by atoms with Crippen LogP contribution < -0.4 is 0 Å². The predicted octanol–water partition coefficient (Wildman–Crippen LogP) is 2.79. The van der Waals surface area contributed by atoms with Crippen LogP contribution in [0.3, 0.4) is 0 Å². The lowest BCUT2D eigenvalue weighted by atomic mass is 9.40. The summed E-state index contributed by atoms with van der Waals surface area (Å²) in [6.45, 7) is 5.45. The van der Waals surface area contributed by atoms with Crippen molar-refractivity contribution in [2.45, 2.75) is 101 Å². The third kappa shape index (κ3) is 2.70. The summed E-state index contributed by atoms with van der Waals surface area (Å²) in [7, 11) is 0. The highest BCUT2D eigenvalue weighted by atomic mass is 16.6. The van der Waals surface area contributed by atoms with E-state index < -0.39 is 57.6 Å². The Balaban J connectivity index is 1.46. The minimum atomic E-state index is -1.61. The molecule has 1 aliphatic heterocycles. The summed E-state index contributed by atoms with van der Waals surface area (Å²) in [4.78, 5) is 26.1. The molecule has 0 aromatic heterocycles. The molecule has 4 aliphatic carbocycles. The lowest BCUT2D eigenvalue weighted by Gasteiger charge is -2.67. The summed E-state index contributed by atoms with van der Waals surface area (Å²) in [6.07, 6.45) is 1.62. The van der Waals surface area contributed by atoms with Gasteiger partial charge in [-0.25, -0.2) is 4.79 Å². The molecule has 0 radical (unpaired) electrons. The van der Waals surface area contributed by atoms with E-state index in [0.717, 1.165) is 0 Å². The molecular formula is C28H36O7. The Kier molecular flexibility index (Phi) is 4.82. The van der Waals surface area contributed by atoms with Crippen molar-refractivity contribution < 1.29 is 34.4 Å². The fourth-order valence-corrected chi connectivity index (χ4v) is 9.22. The Morgan fingerprint density at radius 2 is 1.77 bits per heavy atom. The van der Waals surface area contributed by atoms with Gasteiger partial charge in [0.05, 0.1) is 17.8 Å². The van der Waals surface area contributed by atoms with Crippen LogP contribution in [-0.2, 0) is 14.3 Å². The summed E-state index contributed by atoms with van der Waals surface area (Å²) in [6, 6.07) is 8.74. The zero-order valence-corrected chi connectivity index (χ0v) is 20.7. The highest BCUT2D eigenvalue weighted by Crippen LogP contribution is 2.76. The fourth-order valence-electron chi connectivity index (χ4n) is 9.22. The Bertz CT molecular complexity index is 1070. The van der Waals surface area contributed by atoms with E-state index in [1.165, 1.54) is 6.92 Å². The van der Waals surface area contributed by atoms with Crippen molar-refractivity contribution in [2.75, 3.05) is 0 Å². The molecule has 1 aromatic carbocycles. The first-order valence-corrected chi connectivity index (χ1v) is 13.0. The number of aliphatic hydroxyl groups is 3. The summed E-state index contributed by atoms with van der Waals surface area (Å²) < 4.78 is 12.5. The summed E-state index contributed by atoms with van der Waals surface area (Å²) >= 11 is 0. The van der Waals surface area contributed by atoms with Crippen LogP contribution in [0, 0.1) is 22.7 Å². The maximum Gasteiger partial charge on any atom is 0.338 e. The van der Waals surface area contributed by atoms with Gasteiger partial charge in [0, 0.05) is 35.5 Å². The Labute approximate surface area is 205 Å². The molecule has 7 heteroatoms. The molecule has 3 N–H and O–H groups in total. The topological polar surface area (TPSA) is 117 Å². The molecule has 7 nitrogen and oxygen atoms in total. The van der Waals surface area contributed by atoms with Gasteiger partial charge in [0.2, 0.25) is 0 Å². The van der Waals surface area contributed by atoms with Crippen LogP contribution in [0.5, 0.6) is 0 Å². The quantitative estimate of drug-likeness (QED) is 0.446. The van der Waals surface area contributed by atoms with Gasteiger partial charge in [-0.05, 0) is 51.2 Å². The predicted molar refractivity (Wildman–Crippen MR) is 125 cm³/mol. The Morgan fingerprint density at radius 3 is 2.46 bits per heavy atom. The van der Waals surface area contributed by atoms with Crippen LogP contribution in [0.25, 0.3) is 0 Å². The molecule has 0 amide bonds.